The molecule has 4 rings (SSSR count). The van der Waals surface area contributed by atoms with E-state index >= 15 is 0 Å². The summed E-state index contributed by atoms with van der Waals surface area (Å²) in [4.78, 5) is 33.9. The van der Waals surface area contributed by atoms with Crippen molar-refractivity contribution in [2.45, 2.75) is 26.8 Å². The van der Waals surface area contributed by atoms with E-state index in [0.717, 1.165) is 11.1 Å². The molecule has 1 aromatic carbocycles. The van der Waals surface area contributed by atoms with Gasteiger partial charge in [-0.1, -0.05) is 25.1 Å². The number of carbonyl (C=O) groups is 2. The van der Waals surface area contributed by atoms with Crippen LogP contribution < -0.4 is 10.6 Å². The Bertz CT molecular complexity index is 1250. The van der Waals surface area contributed by atoms with E-state index in [9.17, 15) is 9.59 Å². The summed E-state index contributed by atoms with van der Waals surface area (Å²) < 4.78 is 10.6. The molecular formula is C24H23N5O4. The second-order valence-electron chi connectivity index (χ2n) is 7.85. The summed E-state index contributed by atoms with van der Waals surface area (Å²) in [7, 11) is 0. The van der Waals surface area contributed by atoms with Crippen molar-refractivity contribution in [1.82, 2.24) is 20.4 Å². The number of aromatic nitrogens is 3. The Morgan fingerprint density at radius 2 is 1.91 bits per heavy atom. The summed E-state index contributed by atoms with van der Waals surface area (Å²) in [5, 5.41) is 9.76. The molecule has 168 valence electrons. The average Bonchev–Trinajstić information content (AvgIpc) is 3.52. The molecule has 0 aliphatic rings. The minimum atomic E-state index is -0.502. The molecule has 9 nitrogen and oxygen atoms in total. The minimum absolute atomic E-state index is 0.0141. The van der Waals surface area contributed by atoms with Gasteiger partial charge in [-0.15, -0.1) is 0 Å². The van der Waals surface area contributed by atoms with Crippen LogP contribution in [0.5, 0.6) is 0 Å². The van der Waals surface area contributed by atoms with Gasteiger partial charge in [0.2, 0.25) is 11.7 Å². The van der Waals surface area contributed by atoms with Gasteiger partial charge in [-0.3, -0.25) is 14.6 Å². The van der Waals surface area contributed by atoms with Crippen molar-refractivity contribution in [3.05, 3.63) is 83.9 Å². The molecule has 3 heterocycles. The van der Waals surface area contributed by atoms with Gasteiger partial charge in [-0.25, -0.2) is 0 Å². The molecule has 0 aliphatic carbocycles. The van der Waals surface area contributed by atoms with E-state index in [1.807, 2.05) is 26.8 Å². The zero-order valence-electron chi connectivity index (χ0n) is 18.4. The normalized spacial score (nSPS) is 11.9. The lowest BCUT2D eigenvalue weighted by atomic mass is 10.0. The molecule has 2 N–H and O–H groups in total. The molecule has 1 atom stereocenters. The van der Waals surface area contributed by atoms with Crippen molar-refractivity contribution >= 4 is 17.5 Å². The smallest absolute Gasteiger partial charge is 0.291 e. The lowest BCUT2D eigenvalue weighted by molar-refractivity contribution is 0.0913. The molecule has 0 saturated carbocycles. The fourth-order valence-corrected chi connectivity index (χ4v) is 3.20. The number of pyridine rings is 1. The van der Waals surface area contributed by atoms with Crippen LogP contribution in [0.3, 0.4) is 0 Å². The second-order valence-corrected chi connectivity index (χ2v) is 7.85. The van der Waals surface area contributed by atoms with Gasteiger partial charge in [0.1, 0.15) is 6.04 Å². The first-order valence-corrected chi connectivity index (χ1v) is 10.4. The van der Waals surface area contributed by atoms with E-state index < -0.39 is 11.9 Å². The van der Waals surface area contributed by atoms with E-state index in [2.05, 4.69) is 25.8 Å². The highest BCUT2D eigenvalue weighted by Crippen LogP contribution is 2.25. The summed E-state index contributed by atoms with van der Waals surface area (Å²) in [5.41, 5.74) is 2.43. The van der Waals surface area contributed by atoms with Crippen LogP contribution in [0.1, 0.15) is 52.3 Å². The Balaban J connectivity index is 1.52. The molecule has 4 aromatic rings. The number of rotatable bonds is 7. The number of anilines is 1. The van der Waals surface area contributed by atoms with Gasteiger partial charge >= 0.3 is 0 Å². The maximum Gasteiger partial charge on any atom is 0.291 e. The number of benzene rings is 1. The van der Waals surface area contributed by atoms with E-state index in [0.29, 0.717) is 23.0 Å². The van der Waals surface area contributed by atoms with Crippen molar-refractivity contribution in [2.75, 3.05) is 5.32 Å². The molecule has 3 aromatic heterocycles. The Morgan fingerprint density at radius 1 is 1.06 bits per heavy atom. The van der Waals surface area contributed by atoms with Crippen LogP contribution in [0.15, 0.2) is 70.1 Å². The van der Waals surface area contributed by atoms with Gasteiger partial charge < -0.3 is 19.6 Å². The van der Waals surface area contributed by atoms with Gasteiger partial charge in [-0.05, 0) is 54.8 Å². The zero-order chi connectivity index (χ0) is 23.4. The summed E-state index contributed by atoms with van der Waals surface area (Å²) in [6, 6.07) is 11.4. The number of hydrogen-bond acceptors (Lipinski definition) is 7. The monoisotopic (exact) mass is 445 g/mol. The van der Waals surface area contributed by atoms with Crippen LogP contribution in [-0.2, 0) is 0 Å². The quantitative estimate of drug-likeness (QED) is 0.432. The summed E-state index contributed by atoms with van der Waals surface area (Å²) in [5.74, 6) is 0.148. The molecule has 2 amide bonds. The van der Waals surface area contributed by atoms with Crippen LogP contribution in [0.2, 0.25) is 0 Å². The van der Waals surface area contributed by atoms with Crippen LogP contribution in [0.25, 0.3) is 11.4 Å². The molecule has 1 unspecified atom stereocenters. The maximum atomic E-state index is 13.0. The van der Waals surface area contributed by atoms with E-state index in [1.54, 1.807) is 48.8 Å². The minimum Gasteiger partial charge on any atom is -0.459 e. The Morgan fingerprint density at radius 3 is 2.61 bits per heavy atom. The third kappa shape index (κ3) is 4.98. The van der Waals surface area contributed by atoms with Crippen molar-refractivity contribution in [2.24, 2.45) is 5.92 Å². The molecular weight excluding hydrogens is 422 g/mol. The lowest BCUT2D eigenvalue weighted by Crippen LogP contribution is -2.32. The topological polar surface area (TPSA) is 123 Å². The molecule has 33 heavy (non-hydrogen) atoms. The lowest BCUT2D eigenvalue weighted by Gasteiger charge is -2.19. The van der Waals surface area contributed by atoms with Crippen LogP contribution in [-0.4, -0.2) is 26.9 Å². The number of amides is 2. The van der Waals surface area contributed by atoms with E-state index in [1.165, 1.54) is 6.26 Å². The molecule has 9 heteroatoms. The van der Waals surface area contributed by atoms with Crippen molar-refractivity contribution < 1.29 is 18.5 Å². The molecule has 0 saturated heterocycles. The molecule has 0 spiro atoms. The Labute approximate surface area is 190 Å². The summed E-state index contributed by atoms with van der Waals surface area (Å²) in [6.45, 7) is 5.74. The highest BCUT2D eigenvalue weighted by Gasteiger charge is 2.26. The predicted octanol–water partition coefficient (Wildman–Crippen LogP) is 4.41. The van der Waals surface area contributed by atoms with Crippen LogP contribution >= 0.6 is 0 Å². The van der Waals surface area contributed by atoms with Crippen molar-refractivity contribution in [3.63, 3.8) is 0 Å². The van der Waals surface area contributed by atoms with Gasteiger partial charge in [-0.2, -0.15) is 4.98 Å². The van der Waals surface area contributed by atoms with Crippen molar-refractivity contribution in [1.29, 1.82) is 0 Å². The predicted molar refractivity (Wildman–Crippen MR) is 120 cm³/mol. The third-order valence-corrected chi connectivity index (χ3v) is 5.07. The van der Waals surface area contributed by atoms with Gasteiger partial charge in [0.15, 0.2) is 5.76 Å². The molecule has 0 aliphatic heterocycles. The number of hydrogen-bond donors (Lipinski definition) is 2. The SMILES string of the molecule is Cc1ccc(C(=O)NC(c2nc(-c3cccnc3)no2)C(C)C)cc1NC(=O)c1ccco1. The number of carbonyl (C=O) groups excluding carboxylic acids is 2. The molecule has 0 fully saturated rings. The number of nitrogens with zero attached hydrogens (tertiary/aromatic N) is 3. The van der Waals surface area contributed by atoms with Gasteiger partial charge in [0.05, 0.1) is 6.26 Å². The number of aryl methyl sites for hydroxylation is 1. The first-order chi connectivity index (χ1) is 15.9. The zero-order valence-corrected chi connectivity index (χ0v) is 18.4. The maximum absolute atomic E-state index is 13.0. The Kier molecular flexibility index (Phi) is 6.30. The first kappa shape index (κ1) is 21.9. The van der Waals surface area contributed by atoms with Crippen LogP contribution in [0.4, 0.5) is 5.69 Å². The fraction of sp³-hybridized carbons (Fsp3) is 0.208. The average molecular weight is 445 g/mol. The molecule has 0 bridgehead atoms. The highest BCUT2D eigenvalue weighted by molar-refractivity contribution is 6.04. The standard InChI is InChI=1S/C24H23N5O4/c1-14(2)20(24-28-21(29-33-24)17-6-4-10-25-13-17)27-22(30)16-9-8-15(3)18(12-16)26-23(31)19-7-5-11-32-19/h4-14,20H,1-3H3,(H,26,31)(H,27,30). The number of nitrogens with one attached hydrogen (secondary N) is 2. The van der Waals surface area contributed by atoms with Crippen LogP contribution in [0, 0.1) is 12.8 Å². The summed E-state index contributed by atoms with van der Waals surface area (Å²) in [6.07, 6.45) is 4.73. The van der Waals surface area contributed by atoms with E-state index in [-0.39, 0.29) is 17.6 Å². The Hall–Kier alpha value is -4.27. The summed E-state index contributed by atoms with van der Waals surface area (Å²) >= 11 is 0. The second kappa shape index (κ2) is 9.47. The van der Waals surface area contributed by atoms with Gasteiger partial charge in [0.25, 0.3) is 11.8 Å². The van der Waals surface area contributed by atoms with Crippen molar-refractivity contribution in [3.8, 4) is 11.4 Å². The van der Waals surface area contributed by atoms with Gasteiger partial charge in [0, 0.05) is 29.2 Å². The molecule has 0 radical (unpaired) electrons. The first-order valence-electron chi connectivity index (χ1n) is 10.4. The number of furan rings is 1. The largest absolute Gasteiger partial charge is 0.459 e. The highest BCUT2D eigenvalue weighted by atomic mass is 16.5. The van der Waals surface area contributed by atoms with E-state index in [4.69, 9.17) is 8.94 Å². The third-order valence-electron chi connectivity index (χ3n) is 5.07. The fourth-order valence-electron chi connectivity index (χ4n) is 3.20.